The number of halogens is 1. The van der Waals surface area contributed by atoms with Gasteiger partial charge in [0.15, 0.2) is 0 Å². The fourth-order valence-corrected chi connectivity index (χ4v) is 4.14. The molecule has 0 radical (unpaired) electrons. The minimum atomic E-state index is 0.613. The number of nitrogens with zero attached hydrogens (tertiary/aromatic N) is 3. The lowest BCUT2D eigenvalue weighted by Crippen LogP contribution is -2.45. The molecule has 3 rings (SSSR count). The first kappa shape index (κ1) is 16.0. The number of hydrogen-bond acceptors (Lipinski definition) is 4. The van der Waals surface area contributed by atoms with Gasteiger partial charge in [0, 0.05) is 18.6 Å². The quantitative estimate of drug-likeness (QED) is 0.888. The predicted molar refractivity (Wildman–Crippen MR) is 91.5 cm³/mol. The number of piperidine rings is 1. The second-order valence-electron chi connectivity index (χ2n) is 6.65. The van der Waals surface area contributed by atoms with Crippen molar-refractivity contribution in [1.29, 1.82) is 0 Å². The number of nitrogens with one attached hydrogen (secondary N) is 1. The van der Waals surface area contributed by atoms with Crippen LogP contribution in [0.5, 0.6) is 0 Å². The molecule has 2 fully saturated rings. The van der Waals surface area contributed by atoms with Crippen LogP contribution in [-0.4, -0.2) is 40.0 Å². The highest BCUT2D eigenvalue weighted by Crippen LogP contribution is 2.30. The van der Waals surface area contributed by atoms with Gasteiger partial charge in [0.2, 0.25) is 0 Å². The van der Waals surface area contributed by atoms with Crippen LogP contribution in [0.15, 0.2) is 6.20 Å². The number of aromatic nitrogens is 2. The van der Waals surface area contributed by atoms with Gasteiger partial charge < -0.3 is 5.32 Å². The van der Waals surface area contributed by atoms with Crippen molar-refractivity contribution >= 4 is 17.4 Å². The molecule has 1 aromatic heterocycles. The Morgan fingerprint density at radius 2 is 2.00 bits per heavy atom. The average Bonchev–Trinajstić information content (AvgIpc) is 3.05. The Bertz CT molecular complexity index is 488. The molecule has 0 bridgehead atoms. The van der Waals surface area contributed by atoms with Crippen molar-refractivity contribution in [2.45, 2.75) is 70.4 Å². The molecule has 1 saturated carbocycles. The zero-order chi connectivity index (χ0) is 15.4. The summed E-state index contributed by atoms with van der Waals surface area (Å²) in [5.41, 5.74) is 0. The van der Waals surface area contributed by atoms with Gasteiger partial charge >= 0.3 is 0 Å². The maximum atomic E-state index is 6.15. The Balaban J connectivity index is 1.53. The summed E-state index contributed by atoms with van der Waals surface area (Å²) in [6.07, 6.45) is 12.6. The topological polar surface area (TPSA) is 41.1 Å². The second kappa shape index (κ2) is 7.60. The third kappa shape index (κ3) is 3.90. The van der Waals surface area contributed by atoms with Gasteiger partial charge in [-0.05, 0) is 45.6 Å². The molecule has 1 N–H and O–H groups in total. The molecule has 0 spiro atoms. The van der Waals surface area contributed by atoms with E-state index in [1.165, 1.54) is 57.9 Å². The number of aryl methyl sites for hydroxylation is 1. The Labute approximate surface area is 138 Å². The van der Waals surface area contributed by atoms with E-state index in [0.717, 1.165) is 30.3 Å². The molecule has 1 aliphatic carbocycles. The van der Waals surface area contributed by atoms with E-state index >= 15 is 0 Å². The third-order valence-electron chi connectivity index (χ3n) is 5.10. The van der Waals surface area contributed by atoms with Crippen molar-refractivity contribution in [3.63, 3.8) is 0 Å². The van der Waals surface area contributed by atoms with Crippen molar-refractivity contribution in [3.8, 4) is 0 Å². The fraction of sp³-hybridized carbons (Fsp3) is 0.765. The summed E-state index contributed by atoms with van der Waals surface area (Å²) >= 11 is 6.15. The van der Waals surface area contributed by atoms with Crippen molar-refractivity contribution in [2.75, 3.05) is 18.4 Å². The van der Waals surface area contributed by atoms with Crippen LogP contribution in [0, 0.1) is 6.92 Å². The SMILES string of the molecule is Cc1ncc(Cl)c(NCCC2CCCCN2C2CCCC2)n1. The molecule has 1 unspecified atom stereocenters. The number of likely N-dealkylation sites (tertiary alicyclic amines) is 1. The molecule has 1 saturated heterocycles. The largest absolute Gasteiger partial charge is 0.369 e. The van der Waals surface area contributed by atoms with E-state index in [1.807, 2.05) is 6.92 Å². The Kier molecular flexibility index (Phi) is 5.53. The highest BCUT2D eigenvalue weighted by Gasteiger charge is 2.30. The first-order valence-electron chi connectivity index (χ1n) is 8.73. The monoisotopic (exact) mass is 322 g/mol. The van der Waals surface area contributed by atoms with Crippen LogP contribution < -0.4 is 5.32 Å². The summed E-state index contributed by atoms with van der Waals surface area (Å²) in [7, 11) is 0. The normalized spacial score (nSPS) is 23.8. The van der Waals surface area contributed by atoms with Crippen LogP contribution >= 0.6 is 11.6 Å². The van der Waals surface area contributed by atoms with Crippen molar-refractivity contribution < 1.29 is 0 Å². The van der Waals surface area contributed by atoms with Gasteiger partial charge in [0.25, 0.3) is 0 Å². The van der Waals surface area contributed by atoms with E-state index in [9.17, 15) is 0 Å². The van der Waals surface area contributed by atoms with Crippen LogP contribution in [0.4, 0.5) is 5.82 Å². The van der Waals surface area contributed by atoms with E-state index in [1.54, 1.807) is 6.20 Å². The van der Waals surface area contributed by atoms with E-state index in [-0.39, 0.29) is 0 Å². The molecule has 122 valence electrons. The predicted octanol–water partition coefficient (Wildman–Crippen LogP) is 4.04. The standard InChI is InChI=1S/C17H27ClN4/c1-13-20-12-16(18)17(21-13)19-10-9-15-8-4-5-11-22(15)14-6-2-3-7-14/h12,14-15H,2-11H2,1H3,(H,19,20,21). The Morgan fingerprint density at radius 1 is 1.23 bits per heavy atom. The molecule has 1 atom stereocenters. The van der Waals surface area contributed by atoms with Crippen LogP contribution in [0.2, 0.25) is 5.02 Å². The number of hydrogen-bond donors (Lipinski definition) is 1. The molecule has 1 aliphatic heterocycles. The lowest BCUT2D eigenvalue weighted by Gasteiger charge is -2.40. The Morgan fingerprint density at radius 3 is 2.82 bits per heavy atom. The van der Waals surface area contributed by atoms with E-state index in [4.69, 9.17) is 11.6 Å². The molecular weight excluding hydrogens is 296 g/mol. The number of anilines is 1. The van der Waals surface area contributed by atoms with E-state index in [0.29, 0.717) is 5.02 Å². The summed E-state index contributed by atoms with van der Waals surface area (Å²) in [6, 6.07) is 1.57. The van der Waals surface area contributed by atoms with Gasteiger partial charge in [-0.15, -0.1) is 0 Å². The van der Waals surface area contributed by atoms with Gasteiger partial charge in [-0.2, -0.15) is 0 Å². The molecule has 2 aliphatic rings. The zero-order valence-corrected chi connectivity index (χ0v) is 14.3. The molecular formula is C17H27ClN4. The average molecular weight is 323 g/mol. The molecule has 0 aromatic carbocycles. The van der Waals surface area contributed by atoms with Crippen LogP contribution in [0.25, 0.3) is 0 Å². The summed E-state index contributed by atoms with van der Waals surface area (Å²) in [4.78, 5) is 11.3. The summed E-state index contributed by atoms with van der Waals surface area (Å²) in [5, 5.41) is 4.02. The van der Waals surface area contributed by atoms with Crippen LogP contribution in [0.3, 0.4) is 0 Å². The summed E-state index contributed by atoms with van der Waals surface area (Å²) in [5.74, 6) is 1.54. The molecule has 5 heteroatoms. The zero-order valence-electron chi connectivity index (χ0n) is 13.5. The smallest absolute Gasteiger partial charge is 0.148 e. The maximum Gasteiger partial charge on any atom is 0.148 e. The van der Waals surface area contributed by atoms with Crippen molar-refractivity contribution in [3.05, 3.63) is 17.0 Å². The summed E-state index contributed by atoms with van der Waals surface area (Å²) < 4.78 is 0. The Hall–Kier alpha value is -0.870. The van der Waals surface area contributed by atoms with Gasteiger partial charge in [-0.3, -0.25) is 4.90 Å². The second-order valence-corrected chi connectivity index (χ2v) is 7.06. The van der Waals surface area contributed by atoms with E-state index in [2.05, 4.69) is 20.2 Å². The molecule has 2 heterocycles. The van der Waals surface area contributed by atoms with Gasteiger partial charge in [-0.1, -0.05) is 30.9 Å². The van der Waals surface area contributed by atoms with Gasteiger partial charge in [0.05, 0.1) is 6.20 Å². The van der Waals surface area contributed by atoms with Crippen LogP contribution in [-0.2, 0) is 0 Å². The third-order valence-corrected chi connectivity index (χ3v) is 5.38. The maximum absolute atomic E-state index is 6.15. The molecule has 0 amide bonds. The van der Waals surface area contributed by atoms with Gasteiger partial charge in [-0.25, -0.2) is 9.97 Å². The molecule has 22 heavy (non-hydrogen) atoms. The first-order valence-corrected chi connectivity index (χ1v) is 9.10. The fourth-order valence-electron chi connectivity index (χ4n) is 3.99. The minimum absolute atomic E-state index is 0.613. The van der Waals surface area contributed by atoms with Crippen molar-refractivity contribution in [1.82, 2.24) is 14.9 Å². The van der Waals surface area contributed by atoms with E-state index < -0.39 is 0 Å². The number of rotatable bonds is 5. The first-order chi connectivity index (χ1) is 10.7. The minimum Gasteiger partial charge on any atom is -0.369 e. The van der Waals surface area contributed by atoms with Crippen LogP contribution in [0.1, 0.15) is 57.2 Å². The van der Waals surface area contributed by atoms with Gasteiger partial charge in [0.1, 0.15) is 16.7 Å². The highest BCUT2D eigenvalue weighted by atomic mass is 35.5. The molecule has 4 nitrogen and oxygen atoms in total. The summed E-state index contributed by atoms with van der Waals surface area (Å²) in [6.45, 7) is 4.12. The van der Waals surface area contributed by atoms with Crippen molar-refractivity contribution in [2.24, 2.45) is 0 Å². The molecule has 1 aromatic rings. The highest BCUT2D eigenvalue weighted by molar-refractivity contribution is 6.32. The lowest BCUT2D eigenvalue weighted by molar-refractivity contribution is 0.0933. The lowest BCUT2D eigenvalue weighted by atomic mass is 9.96.